The molecule has 1 unspecified atom stereocenters. The van der Waals surface area contributed by atoms with Gasteiger partial charge in [-0.15, -0.1) is 13.2 Å². The van der Waals surface area contributed by atoms with Gasteiger partial charge in [0, 0.05) is 37.0 Å². The Morgan fingerprint density at radius 3 is 2.53 bits per heavy atom. The predicted molar refractivity (Wildman–Crippen MR) is 173 cm³/mol. The van der Waals surface area contributed by atoms with Gasteiger partial charge in [-0.05, 0) is 52.0 Å². The van der Waals surface area contributed by atoms with Gasteiger partial charge >= 0.3 is 5.97 Å². The second-order valence-corrected chi connectivity index (χ2v) is 13.6. The number of nitrogens with one attached hydrogen (secondary N) is 1. The number of rotatable bonds is 16. The van der Waals surface area contributed by atoms with Gasteiger partial charge in [0.1, 0.15) is 17.7 Å². The standard InChI is InChI=1S/C34H46BrN3O7/c1-6-8-16-25(40)36-22(5)28(23-14-10-9-11-15-23)44-33(43)26-27-31(41)38(18-12-13-19-39)30(32(42)37(17-7-2)21(3)4)34(27)20-24(35)29(26)45-34/h6-7,9-11,14-15,21-22,24,26-30,39H,1-2,8,12-13,16-20H2,3-5H3,(H,36,40)/t22-,24?,26+,27-,28-,29+,30+,34-/m0/s1. The Bertz CT molecular complexity index is 1260. The summed E-state index contributed by atoms with van der Waals surface area (Å²) in [6, 6.07) is 7.51. The van der Waals surface area contributed by atoms with E-state index in [2.05, 4.69) is 34.4 Å². The van der Waals surface area contributed by atoms with Crippen molar-refractivity contribution in [2.24, 2.45) is 11.8 Å². The van der Waals surface area contributed by atoms with Crippen LogP contribution in [0, 0.1) is 11.8 Å². The van der Waals surface area contributed by atoms with Gasteiger partial charge in [-0.3, -0.25) is 19.2 Å². The zero-order chi connectivity index (χ0) is 32.9. The highest BCUT2D eigenvalue weighted by Gasteiger charge is 2.77. The number of likely N-dealkylation sites (tertiary alicyclic amines) is 1. The fourth-order valence-electron chi connectivity index (χ4n) is 7.10. The molecule has 3 aliphatic heterocycles. The summed E-state index contributed by atoms with van der Waals surface area (Å²) in [6.07, 6.45) is 3.93. The molecule has 1 aromatic carbocycles. The SMILES string of the molecule is C=CCCC(=O)N[C@@H](C)[C@H](OC(=O)[C@H]1[C@@H]2O[C@@]3(CC2Br)[C@@H]1C(=O)N(CCCCO)[C@@H]3C(=O)N(CC=C)C(C)C)c1ccccc1. The molecule has 3 saturated heterocycles. The number of allylic oxidation sites excluding steroid dienone is 1. The minimum atomic E-state index is -1.23. The van der Waals surface area contributed by atoms with Crippen LogP contribution in [0.25, 0.3) is 0 Å². The maximum absolute atomic E-state index is 14.3. The third-order valence-corrected chi connectivity index (χ3v) is 9.97. The number of halogens is 1. The molecule has 2 N–H and O–H groups in total. The van der Waals surface area contributed by atoms with Gasteiger partial charge in [-0.1, -0.05) is 58.4 Å². The number of alkyl halides is 1. The summed E-state index contributed by atoms with van der Waals surface area (Å²) in [5.41, 5.74) is -0.526. The van der Waals surface area contributed by atoms with Crippen LogP contribution >= 0.6 is 15.9 Å². The lowest BCUT2D eigenvalue weighted by Gasteiger charge is -2.38. The van der Waals surface area contributed by atoms with Crippen LogP contribution in [0.1, 0.15) is 64.5 Å². The molecule has 0 aromatic heterocycles. The first kappa shape index (κ1) is 34.8. The molecule has 0 radical (unpaired) electrons. The second kappa shape index (κ2) is 15.0. The molecule has 3 amide bonds. The van der Waals surface area contributed by atoms with Crippen molar-refractivity contribution in [3.05, 3.63) is 61.2 Å². The van der Waals surface area contributed by atoms with Crippen molar-refractivity contribution in [3.8, 4) is 0 Å². The first-order valence-corrected chi connectivity index (χ1v) is 16.7. The van der Waals surface area contributed by atoms with Crippen molar-refractivity contribution in [2.45, 2.75) is 93.6 Å². The summed E-state index contributed by atoms with van der Waals surface area (Å²) in [7, 11) is 0. The lowest BCUT2D eigenvalue weighted by atomic mass is 9.70. The molecule has 45 heavy (non-hydrogen) atoms. The number of carbonyl (C=O) groups excluding carboxylic acids is 4. The number of benzene rings is 1. The third kappa shape index (κ3) is 6.90. The molecule has 3 aliphatic rings. The van der Waals surface area contributed by atoms with E-state index in [1.165, 1.54) is 0 Å². The molecule has 0 aliphatic carbocycles. The minimum Gasteiger partial charge on any atom is -0.455 e. The van der Waals surface area contributed by atoms with Crippen LogP contribution < -0.4 is 5.32 Å². The van der Waals surface area contributed by atoms with Gasteiger partial charge in [-0.25, -0.2) is 0 Å². The molecule has 2 bridgehead atoms. The topological polar surface area (TPSA) is 125 Å². The average Bonchev–Trinajstić information content (AvgIpc) is 3.60. The molecule has 246 valence electrons. The first-order chi connectivity index (χ1) is 21.5. The van der Waals surface area contributed by atoms with Gasteiger partial charge in [-0.2, -0.15) is 0 Å². The maximum atomic E-state index is 14.3. The fourth-order valence-corrected chi connectivity index (χ4v) is 8.05. The number of esters is 1. The molecule has 11 heteroatoms. The van der Waals surface area contributed by atoms with Crippen LogP contribution in [0.4, 0.5) is 0 Å². The van der Waals surface area contributed by atoms with E-state index in [9.17, 15) is 24.3 Å². The fraction of sp³-hybridized carbons (Fsp3) is 0.588. The zero-order valence-corrected chi connectivity index (χ0v) is 28.0. The molecule has 4 rings (SSSR count). The number of aliphatic hydroxyl groups is 1. The zero-order valence-electron chi connectivity index (χ0n) is 26.4. The number of fused-ring (bicyclic) bond motifs is 1. The maximum Gasteiger partial charge on any atom is 0.313 e. The van der Waals surface area contributed by atoms with Crippen molar-refractivity contribution in [1.29, 1.82) is 0 Å². The van der Waals surface area contributed by atoms with E-state index in [-0.39, 0.29) is 48.2 Å². The molecular weight excluding hydrogens is 642 g/mol. The number of unbranched alkanes of at least 4 members (excludes halogenated alkanes) is 1. The molecule has 8 atom stereocenters. The number of hydrogen-bond donors (Lipinski definition) is 2. The second-order valence-electron chi connectivity index (χ2n) is 12.5. The van der Waals surface area contributed by atoms with Crippen molar-refractivity contribution in [3.63, 3.8) is 0 Å². The quantitative estimate of drug-likeness (QED) is 0.118. The summed E-state index contributed by atoms with van der Waals surface area (Å²) >= 11 is 3.71. The molecule has 10 nitrogen and oxygen atoms in total. The third-order valence-electron chi connectivity index (χ3n) is 9.12. The summed E-state index contributed by atoms with van der Waals surface area (Å²) in [5, 5.41) is 12.4. The number of carbonyl (C=O) groups is 4. The smallest absolute Gasteiger partial charge is 0.313 e. The Labute approximate surface area is 274 Å². The van der Waals surface area contributed by atoms with E-state index in [0.29, 0.717) is 37.8 Å². The van der Waals surface area contributed by atoms with E-state index >= 15 is 0 Å². The van der Waals surface area contributed by atoms with E-state index in [1.807, 2.05) is 44.2 Å². The predicted octanol–water partition coefficient (Wildman–Crippen LogP) is 3.69. The molecular formula is C34H46BrN3O7. The van der Waals surface area contributed by atoms with Crippen LogP contribution in [-0.2, 0) is 28.7 Å². The van der Waals surface area contributed by atoms with Crippen molar-refractivity contribution in [2.75, 3.05) is 19.7 Å². The Balaban J connectivity index is 1.68. The van der Waals surface area contributed by atoms with Crippen molar-refractivity contribution >= 4 is 39.6 Å². The summed E-state index contributed by atoms with van der Waals surface area (Å²) in [5.74, 6) is -3.26. The van der Waals surface area contributed by atoms with E-state index in [1.54, 1.807) is 28.9 Å². The highest BCUT2D eigenvalue weighted by atomic mass is 79.9. The van der Waals surface area contributed by atoms with E-state index in [4.69, 9.17) is 9.47 Å². The minimum absolute atomic E-state index is 0.0377. The highest BCUT2D eigenvalue weighted by Crippen LogP contribution is 2.60. The molecule has 3 fully saturated rings. The Morgan fingerprint density at radius 2 is 1.91 bits per heavy atom. The lowest BCUT2D eigenvalue weighted by Crippen LogP contribution is -2.58. The largest absolute Gasteiger partial charge is 0.455 e. The van der Waals surface area contributed by atoms with Gasteiger partial charge in [0.05, 0.1) is 24.0 Å². The molecule has 0 saturated carbocycles. The van der Waals surface area contributed by atoms with Crippen LogP contribution in [0.5, 0.6) is 0 Å². The summed E-state index contributed by atoms with van der Waals surface area (Å²) in [6.45, 7) is 13.6. The summed E-state index contributed by atoms with van der Waals surface area (Å²) < 4.78 is 12.8. The van der Waals surface area contributed by atoms with Crippen molar-refractivity contribution in [1.82, 2.24) is 15.1 Å². The van der Waals surface area contributed by atoms with Crippen LogP contribution in [0.3, 0.4) is 0 Å². The lowest BCUT2D eigenvalue weighted by molar-refractivity contribution is -0.162. The van der Waals surface area contributed by atoms with Gasteiger partial charge in [0.15, 0.2) is 0 Å². The van der Waals surface area contributed by atoms with E-state index < -0.39 is 47.7 Å². The van der Waals surface area contributed by atoms with Gasteiger partial charge in [0.2, 0.25) is 17.7 Å². The number of ether oxygens (including phenoxy) is 2. The monoisotopic (exact) mass is 687 g/mol. The number of hydrogen-bond acceptors (Lipinski definition) is 7. The van der Waals surface area contributed by atoms with Crippen LogP contribution in [0.15, 0.2) is 55.6 Å². The van der Waals surface area contributed by atoms with Crippen molar-refractivity contribution < 1.29 is 33.8 Å². The Hall–Kier alpha value is -3.02. The molecule has 1 aromatic rings. The average molecular weight is 689 g/mol. The normalized spacial score (nSPS) is 28.0. The van der Waals surface area contributed by atoms with Crippen LogP contribution in [-0.4, -0.2) is 93.0 Å². The number of nitrogens with zero attached hydrogens (tertiary/aromatic N) is 2. The molecule has 1 spiro atoms. The first-order valence-electron chi connectivity index (χ1n) is 15.8. The van der Waals surface area contributed by atoms with Gasteiger partial charge in [0.25, 0.3) is 0 Å². The highest BCUT2D eigenvalue weighted by molar-refractivity contribution is 9.09. The summed E-state index contributed by atoms with van der Waals surface area (Å²) in [4.78, 5) is 58.3. The van der Waals surface area contributed by atoms with Gasteiger partial charge < -0.3 is 29.7 Å². The molecule has 3 heterocycles. The van der Waals surface area contributed by atoms with E-state index in [0.717, 1.165) is 0 Å². The Kier molecular flexibility index (Phi) is 11.7. The Morgan fingerprint density at radius 1 is 1.20 bits per heavy atom. The van der Waals surface area contributed by atoms with Crippen LogP contribution in [0.2, 0.25) is 0 Å². The number of aliphatic hydroxyl groups excluding tert-OH is 1. The number of amides is 3.